The number of nitrogens with zero attached hydrogens (tertiary/aromatic N) is 2. The average molecular weight is 510 g/mol. The average Bonchev–Trinajstić information content (AvgIpc) is 3.30. The van der Waals surface area contributed by atoms with Crippen LogP contribution in [0.2, 0.25) is 0 Å². The monoisotopic (exact) mass is 509 g/mol. The zero-order valence-corrected chi connectivity index (χ0v) is 21.8. The molecule has 7 heteroatoms. The molecule has 1 aliphatic rings. The van der Waals surface area contributed by atoms with Gasteiger partial charge in [0.05, 0.1) is 4.91 Å². The summed E-state index contributed by atoms with van der Waals surface area (Å²) in [7, 11) is 0. The molecule has 0 saturated carbocycles. The van der Waals surface area contributed by atoms with Crippen molar-refractivity contribution in [3.05, 3.63) is 106 Å². The number of benzene rings is 3. The van der Waals surface area contributed by atoms with Gasteiger partial charge >= 0.3 is 0 Å². The second-order valence-corrected chi connectivity index (χ2v) is 10.2. The van der Waals surface area contributed by atoms with Crippen LogP contribution in [0.15, 0.2) is 77.7 Å². The van der Waals surface area contributed by atoms with E-state index in [4.69, 9.17) is 0 Å². The van der Waals surface area contributed by atoms with Crippen LogP contribution in [-0.2, 0) is 16.1 Å². The third-order valence-electron chi connectivity index (χ3n) is 6.66. The molecule has 1 fully saturated rings. The van der Waals surface area contributed by atoms with Crippen molar-refractivity contribution < 1.29 is 14.4 Å². The highest BCUT2D eigenvalue weighted by Crippen LogP contribution is 2.36. The first kappa shape index (κ1) is 24.6. The van der Waals surface area contributed by atoms with Crippen LogP contribution in [0.25, 0.3) is 17.0 Å². The summed E-state index contributed by atoms with van der Waals surface area (Å²) in [5, 5.41) is 3.42. The van der Waals surface area contributed by atoms with E-state index in [1.54, 1.807) is 6.08 Å². The number of rotatable bonds is 6. The van der Waals surface area contributed by atoms with Crippen molar-refractivity contribution >= 4 is 51.5 Å². The summed E-state index contributed by atoms with van der Waals surface area (Å²) >= 11 is 0.871. The van der Waals surface area contributed by atoms with E-state index >= 15 is 0 Å². The molecule has 2 heterocycles. The molecule has 3 aromatic carbocycles. The Hall–Kier alpha value is -4.10. The lowest BCUT2D eigenvalue weighted by atomic mass is 10.1. The summed E-state index contributed by atoms with van der Waals surface area (Å²) in [5.74, 6) is -0.859. The van der Waals surface area contributed by atoms with Gasteiger partial charge in [-0.05, 0) is 61.4 Å². The fraction of sp³-hybridized carbons (Fsp3) is 0.167. The first-order valence-electron chi connectivity index (χ1n) is 12.1. The number of aryl methyl sites for hydroxylation is 2. The fourth-order valence-corrected chi connectivity index (χ4v) is 5.53. The van der Waals surface area contributed by atoms with Crippen molar-refractivity contribution in [1.82, 2.24) is 9.47 Å². The van der Waals surface area contributed by atoms with Crippen LogP contribution in [0.1, 0.15) is 27.9 Å². The molecule has 0 atom stereocenters. The highest BCUT2D eigenvalue weighted by Gasteiger charge is 2.36. The van der Waals surface area contributed by atoms with E-state index in [-0.39, 0.29) is 6.54 Å². The van der Waals surface area contributed by atoms with Gasteiger partial charge in [0.25, 0.3) is 11.1 Å². The van der Waals surface area contributed by atoms with Gasteiger partial charge in [-0.3, -0.25) is 19.3 Å². The Kier molecular flexibility index (Phi) is 6.72. The van der Waals surface area contributed by atoms with E-state index in [2.05, 4.69) is 28.1 Å². The van der Waals surface area contributed by atoms with Crippen molar-refractivity contribution in [3.8, 4) is 0 Å². The maximum absolute atomic E-state index is 13.2. The Morgan fingerprint density at radius 3 is 2.30 bits per heavy atom. The number of aromatic nitrogens is 1. The number of para-hydroxylation sites is 2. The number of nitrogens with one attached hydrogen (secondary N) is 1. The molecule has 5 rings (SSSR count). The van der Waals surface area contributed by atoms with Crippen LogP contribution in [0, 0.1) is 20.8 Å². The lowest BCUT2D eigenvalue weighted by Crippen LogP contribution is -2.36. The molecular weight excluding hydrogens is 482 g/mol. The second-order valence-electron chi connectivity index (χ2n) is 9.17. The maximum atomic E-state index is 13.2. The van der Waals surface area contributed by atoms with Crippen LogP contribution in [0.4, 0.5) is 10.5 Å². The molecular formula is C30H27N3O3S. The zero-order valence-electron chi connectivity index (χ0n) is 20.9. The number of hydrogen-bond donors (Lipinski definition) is 1. The number of amides is 3. The first-order chi connectivity index (χ1) is 17.8. The van der Waals surface area contributed by atoms with E-state index < -0.39 is 17.1 Å². The number of carbonyl (C=O) groups is 3. The predicted molar refractivity (Wildman–Crippen MR) is 149 cm³/mol. The number of hydrogen-bond acceptors (Lipinski definition) is 4. The summed E-state index contributed by atoms with van der Waals surface area (Å²) in [4.78, 5) is 40.0. The second kappa shape index (κ2) is 10.1. The zero-order chi connectivity index (χ0) is 26.1. The van der Waals surface area contributed by atoms with Crippen LogP contribution < -0.4 is 5.32 Å². The van der Waals surface area contributed by atoms with Crippen LogP contribution >= 0.6 is 11.8 Å². The van der Waals surface area contributed by atoms with Gasteiger partial charge in [-0.1, -0.05) is 66.7 Å². The van der Waals surface area contributed by atoms with Gasteiger partial charge in [-0.2, -0.15) is 0 Å². The third-order valence-corrected chi connectivity index (χ3v) is 7.57. The standard InChI is InChI=1S/C30H27N3O3S/c1-19-10-9-11-20(2)28(19)31-27(34)18-33-29(35)26(37-30(33)36)16-24-21(3)32(17-22-12-5-4-6-13-22)25-15-8-7-14-23(24)25/h4-16H,17-18H2,1-3H3,(H,31,34)/b26-16-. The fourth-order valence-electron chi connectivity index (χ4n) is 4.71. The minimum atomic E-state index is -0.453. The van der Waals surface area contributed by atoms with Crippen molar-refractivity contribution in [2.45, 2.75) is 27.3 Å². The number of anilines is 1. The van der Waals surface area contributed by atoms with E-state index in [9.17, 15) is 14.4 Å². The van der Waals surface area contributed by atoms with Gasteiger partial charge in [0, 0.05) is 34.4 Å². The molecule has 6 nitrogen and oxygen atoms in total. The number of thioether (sulfide) groups is 1. The SMILES string of the molecule is Cc1cccc(C)c1NC(=O)CN1C(=O)S/C(=C\c2c(C)n(Cc3ccccc3)c3ccccc23)C1=O. The Labute approximate surface area is 220 Å². The molecule has 1 aromatic heterocycles. The van der Waals surface area contributed by atoms with Crippen molar-refractivity contribution in [3.63, 3.8) is 0 Å². The first-order valence-corrected chi connectivity index (χ1v) is 12.9. The Bertz CT molecular complexity index is 1550. The van der Waals surface area contributed by atoms with Crippen LogP contribution in [0.5, 0.6) is 0 Å². The lowest BCUT2D eigenvalue weighted by Gasteiger charge is -2.15. The molecule has 186 valence electrons. The largest absolute Gasteiger partial charge is 0.340 e. The molecule has 37 heavy (non-hydrogen) atoms. The Morgan fingerprint density at radius 1 is 0.892 bits per heavy atom. The smallest absolute Gasteiger partial charge is 0.294 e. The number of carbonyl (C=O) groups excluding carboxylic acids is 3. The molecule has 4 aromatic rings. The molecule has 1 N–H and O–H groups in total. The molecule has 3 amide bonds. The molecule has 1 aliphatic heterocycles. The quantitative estimate of drug-likeness (QED) is 0.310. The Morgan fingerprint density at radius 2 is 1.57 bits per heavy atom. The van der Waals surface area contributed by atoms with E-state index in [0.717, 1.165) is 49.9 Å². The van der Waals surface area contributed by atoms with Crippen molar-refractivity contribution in [2.24, 2.45) is 0 Å². The molecule has 0 radical (unpaired) electrons. The minimum Gasteiger partial charge on any atom is -0.340 e. The van der Waals surface area contributed by atoms with Crippen LogP contribution in [0.3, 0.4) is 0 Å². The normalized spacial score (nSPS) is 14.7. The predicted octanol–water partition coefficient (Wildman–Crippen LogP) is 6.29. The highest BCUT2D eigenvalue weighted by atomic mass is 32.2. The third kappa shape index (κ3) is 4.82. The van der Waals surface area contributed by atoms with Gasteiger partial charge in [0.15, 0.2) is 0 Å². The van der Waals surface area contributed by atoms with Gasteiger partial charge in [-0.15, -0.1) is 0 Å². The lowest BCUT2D eigenvalue weighted by molar-refractivity contribution is -0.127. The molecule has 0 bridgehead atoms. The Balaban J connectivity index is 1.42. The molecule has 0 unspecified atom stereocenters. The van der Waals surface area contributed by atoms with Crippen molar-refractivity contribution in [1.29, 1.82) is 0 Å². The topological polar surface area (TPSA) is 71.4 Å². The summed E-state index contributed by atoms with van der Waals surface area (Å²) in [6, 6.07) is 24.0. The highest BCUT2D eigenvalue weighted by molar-refractivity contribution is 8.18. The summed E-state index contributed by atoms with van der Waals surface area (Å²) in [5.41, 5.74) is 6.68. The minimum absolute atomic E-state index is 0.315. The van der Waals surface area contributed by atoms with Gasteiger partial charge in [0.1, 0.15) is 6.54 Å². The van der Waals surface area contributed by atoms with Gasteiger partial charge < -0.3 is 9.88 Å². The summed E-state index contributed by atoms with van der Waals surface area (Å²) in [6.45, 7) is 6.20. The molecule has 0 aliphatic carbocycles. The number of imide groups is 1. The summed E-state index contributed by atoms with van der Waals surface area (Å²) < 4.78 is 2.22. The van der Waals surface area contributed by atoms with E-state index in [0.29, 0.717) is 17.1 Å². The van der Waals surface area contributed by atoms with E-state index in [1.807, 2.05) is 75.4 Å². The van der Waals surface area contributed by atoms with Crippen molar-refractivity contribution in [2.75, 3.05) is 11.9 Å². The van der Waals surface area contributed by atoms with Gasteiger partial charge in [0.2, 0.25) is 5.91 Å². The van der Waals surface area contributed by atoms with Crippen LogP contribution in [-0.4, -0.2) is 33.1 Å². The van der Waals surface area contributed by atoms with Gasteiger partial charge in [-0.25, -0.2) is 0 Å². The molecule has 1 saturated heterocycles. The maximum Gasteiger partial charge on any atom is 0.294 e. The summed E-state index contributed by atoms with van der Waals surface area (Å²) in [6.07, 6.45) is 1.79. The number of fused-ring (bicyclic) bond motifs is 1. The molecule has 0 spiro atoms. The van der Waals surface area contributed by atoms with E-state index in [1.165, 1.54) is 5.56 Å².